The minimum Gasteiger partial charge on any atom is -0.462 e. The Kier molecular flexibility index (Phi) is 21.2. The Labute approximate surface area is 509 Å². The van der Waals surface area contributed by atoms with Crippen molar-refractivity contribution in [3.63, 3.8) is 0 Å². The molecule has 506 valence electrons. The number of esters is 1. The number of carbonyl (C=O) groups excluding carboxylic acids is 1. The van der Waals surface area contributed by atoms with Gasteiger partial charge in [-0.1, -0.05) is 45.4 Å². The van der Waals surface area contributed by atoms with Gasteiger partial charge in [0.25, 0.3) is 0 Å². The zero-order valence-electron chi connectivity index (χ0n) is 50.4. The average molecular weight is 1270 g/mol. The first-order valence-electron chi connectivity index (χ1n) is 30.7. The molecule has 4 saturated heterocycles. The predicted octanol–water partition coefficient (Wildman–Crippen LogP) is -6.07. The smallest absolute Gasteiger partial charge is 0.312 e. The summed E-state index contributed by atoms with van der Waals surface area (Å²) in [5.74, 6) is -1.12. The SMILES string of the molecule is C[C@H]1O[C@@H](O[C@H]2CC[C@@]3(C)[C@@H](CC[C@]4(C)[C@@H]3C=CC3=C5C[C@@](C)(C(=O)OC[C@H]6O[C@@H](OC[C@H](O)[C@H](O)[C@H](O)CO)[C@H](O)[C@@H](O)[C@@H]6O)CC[C@]5(CO)[C@H](O)C[C@]34C)[C@]2(C)CO)[C@H](O)[C@@H](O[C@@H]2O[C@H](CO)[C@@H](O)[C@H](O)[C@H]2O[C@@H]2O[C@H](CO)[C@@H](O)[C@H](O)[C@H]2O)[C@H]1O. The van der Waals surface area contributed by atoms with E-state index in [0.717, 1.165) is 5.57 Å². The van der Waals surface area contributed by atoms with Crippen molar-refractivity contribution < 1.29 is 144 Å². The topological polar surface area (TPSA) is 485 Å². The van der Waals surface area contributed by atoms with Crippen molar-refractivity contribution >= 4 is 5.97 Å². The van der Waals surface area contributed by atoms with Gasteiger partial charge in [-0.3, -0.25) is 4.79 Å². The maximum atomic E-state index is 14.4. The van der Waals surface area contributed by atoms with Crippen LogP contribution in [-0.2, 0) is 47.4 Å². The molecule has 9 aliphatic rings. The number of hydrogen-bond donors (Lipinski definition) is 19. The van der Waals surface area contributed by atoms with E-state index in [0.29, 0.717) is 31.3 Å². The first-order valence-corrected chi connectivity index (χ1v) is 30.7. The van der Waals surface area contributed by atoms with E-state index in [9.17, 15) is 96.7 Å². The van der Waals surface area contributed by atoms with E-state index in [1.807, 2.05) is 6.92 Å². The third-order valence-corrected chi connectivity index (χ3v) is 22.7. The van der Waals surface area contributed by atoms with Gasteiger partial charge in [0.15, 0.2) is 25.2 Å². The van der Waals surface area contributed by atoms with Crippen LogP contribution in [0.5, 0.6) is 0 Å². The van der Waals surface area contributed by atoms with Gasteiger partial charge in [0.2, 0.25) is 0 Å². The Hall–Kier alpha value is -2.13. The van der Waals surface area contributed by atoms with Gasteiger partial charge in [0.05, 0.1) is 63.4 Å². The maximum absolute atomic E-state index is 14.4. The molecule has 0 radical (unpaired) electrons. The Bertz CT molecular complexity index is 2460. The van der Waals surface area contributed by atoms with E-state index in [2.05, 4.69) is 32.9 Å². The fourth-order valence-electron chi connectivity index (χ4n) is 16.7. The highest BCUT2D eigenvalue weighted by Crippen LogP contribution is 2.74. The molecule has 4 heterocycles. The van der Waals surface area contributed by atoms with Crippen molar-refractivity contribution in [3.8, 4) is 0 Å². The van der Waals surface area contributed by atoms with Crippen LogP contribution < -0.4 is 0 Å². The molecule has 0 aromatic heterocycles. The lowest BCUT2D eigenvalue weighted by Crippen LogP contribution is -2.67. The van der Waals surface area contributed by atoms with Crippen LogP contribution in [-0.4, -0.2) is 303 Å². The number of aliphatic hydroxyl groups is 19. The van der Waals surface area contributed by atoms with E-state index >= 15 is 0 Å². The van der Waals surface area contributed by atoms with Gasteiger partial charge < -0.3 is 140 Å². The van der Waals surface area contributed by atoms with E-state index in [1.54, 1.807) is 6.92 Å². The average Bonchev–Trinajstić information content (AvgIpc) is 0.677. The van der Waals surface area contributed by atoms with E-state index in [-0.39, 0.29) is 44.1 Å². The third-order valence-electron chi connectivity index (χ3n) is 22.7. The zero-order chi connectivity index (χ0) is 64.7. The van der Waals surface area contributed by atoms with Crippen molar-refractivity contribution in [2.45, 2.75) is 246 Å². The Morgan fingerprint density at radius 2 is 1.20 bits per heavy atom. The van der Waals surface area contributed by atoms with E-state index in [4.69, 9.17) is 47.7 Å². The zero-order valence-corrected chi connectivity index (χ0v) is 50.4. The van der Waals surface area contributed by atoms with Crippen molar-refractivity contribution in [1.29, 1.82) is 0 Å². The van der Waals surface area contributed by atoms with E-state index in [1.165, 1.54) is 6.92 Å². The summed E-state index contributed by atoms with van der Waals surface area (Å²) in [5.41, 5.74) is -3.62. The highest BCUT2D eigenvalue weighted by molar-refractivity contribution is 5.77. The molecule has 19 N–H and O–H groups in total. The van der Waals surface area contributed by atoms with Crippen LogP contribution in [0.2, 0.25) is 0 Å². The lowest BCUT2D eigenvalue weighted by atomic mass is 9.35. The molecule has 33 atom stereocenters. The molecule has 29 heteroatoms. The fraction of sp³-hybridized carbons (Fsp3) is 0.915. The summed E-state index contributed by atoms with van der Waals surface area (Å²) in [6, 6.07) is 0. The van der Waals surface area contributed by atoms with Crippen LogP contribution in [0.4, 0.5) is 0 Å². The summed E-state index contributed by atoms with van der Waals surface area (Å²) < 4.78 is 53.1. The largest absolute Gasteiger partial charge is 0.462 e. The highest BCUT2D eigenvalue weighted by atomic mass is 16.8. The molecule has 0 aromatic rings. The van der Waals surface area contributed by atoms with Crippen LogP contribution in [0.25, 0.3) is 0 Å². The number of hydrogen-bond acceptors (Lipinski definition) is 29. The first kappa shape index (κ1) is 70.2. The van der Waals surface area contributed by atoms with Gasteiger partial charge >= 0.3 is 5.97 Å². The molecular weight excluding hydrogens is 1170 g/mol. The lowest BCUT2D eigenvalue weighted by Gasteiger charge is -2.70. The summed E-state index contributed by atoms with van der Waals surface area (Å²) in [7, 11) is 0. The summed E-state index contributed by atoms with van der Waals surface area (Å²) in [6.45, 7) is 6.96. The van der Waals surface area contributed by atoms with Crippen molar-refractivity contribution in [2.75, 3.05) is 46.2 Å². The van der Waals surface area contributed by atoms with Crippen molar-refractivity contribution in [3.05, 3.63) is 23.3 Å². The monoisotopic (exact) mass is 1270 g/mol. The number of allylic oxidation sites excluding steroid dienone is 3. The van der Waals surface area contributed by atoms with Crippen LogP contribution in [0.15, 0.2) is 23.3 Å². The molecule has 5 aliphatic carbocycles. The normalized spacial score (nSPS) is 51.5. The second-order valence-electron chi connectivity index (χ2n) is 27.7. The molecule has 9 rings (SSSR count). The minimum absolute atomic E-state index is 0.0666. The molecule has 3 saturated carbocycles. The molecule has 88 heavy (non-hydrogen) atoms. The van der Waals surface area contributed by atoms with Crippen molar-refractivity contribution in [2.24, 2.45) is 44.3 Å². The van der Waals surface area contributed by atoms with E-state index < -0.39 is 231 Å². The third kappa shape index (κ3) is 11.8. The number of rotatable bonds is 19. The molecule has 0 aromatic carbocycles. The molecule has 0 amide bonds. The molecule has 29 nitrogen and oxygen atoms in total. The maximum Gasteiger partial charge on any atom is 0.312 e. The minimum atomic E-state index is -1.96. The number of fused-ring (bicyclic) bond motifs is 6. The molecule has 0 unspecified atom stereocenters. The molecular formula is C59H96O29. The summed E-state index contributed by atoms with van der Waals surface area (Å²) in [4.78, 5) is 14.4. The fourth-order valence-corrected chi connectivity index (χ4v) is 16.7. The highest BCUT2D eigenvalue weighted by Gasteiger charge is 2.70. The molecule has 7 fully saturated rings. The van der Waals surface area contributed by atoms with Crippen LogP contribution >= 0.6 is 0 Å². The molecule has 4 aliphatic heterocycles. The first-order chi connectivity index (χ1) is 41.3. The summed E-state index contributed by atoms with van der Waals surface area (Å²) in [5, 5.41) is 204. The molecule has 0 spiro atoms. The van der Waals surface area contributed by atoms with Gasteiger partial charge in [-0.2, -0.15) is 0 Å². The Morgan fingerprint density at radius 3 is 1.83 bits per heavy atom. The number of ether oxygens (including phenoxy) is 9. The Balaban J connectivity index is 0.919. The summed E-state index contributed by atoms with van der Waals surface area (Å²) >= 11 is 0. The predicted molar refractivity (Wildman–Crippen MR) is 294 cm³/mol. The van der Waals surface area contributed by atoms with Gasteiger partial charge in [-0.15, -0.1) is 0 Å². The van der Waals surface area contributed by atoms with Gasteiger partial charge in [0, 0.05) is 16.2 Å². The van der Waals surface area contributed by atoms with Gasteiger partial charge in [-0.05, 0) is 93.5 Å². The van der Waals surface area contributed by atoms with Gasteiger partial charge in [-0.25, -0.2) is 0 Å². The number of carbonyl (C=O) groups is 1. The second kappa shape index (κ2) is 26.6. The van der Waals surface area contributed by atoms with Crippen molar-refractivity contribution in [1.82, 2.24) is 0 Å². The number of aliphatic hydroxyl groups excluding tert-OH is 19. The van der Waals surface area contributed by atoms with Gasteiger partial charge in [0.1, 0.15) is 116 Å². The van der Waals surface area contributed by atoms with Crippen LogP contribution in [0, 0.1) is 44.3 Å². The molecule has 0 bridgehead atoms. The standard InChI is InChI=1S/C59H96O29/c1-24-36(68)47(87-52-48(43(75)39(71)30(19-62)84-52)88-50-45(77)41(73)38(70)29(18-61)83-50)46(78)51(82-24)86-35-10-11-55(3)32(56(35,4)22-63)9-12-57(5)33(55)8-7-25-26-15-54(2,13-14-59(26,23-64)34(67)16-58(25,57)6)53(79)81-21-31-40(72)42(74)44(76)49(85-31)80-20-28(66)37(69)27(65)17-60/h7-8,24,27-52,60-78H,9-23H2,1-6H3/t24-,27-,28+,29-,30-,31-,32-,33-,34-,35+,36+,37-,38-,39-,40-,41+,42+,43+,44-,45-,46-,47+,48-,49-,50+,51+,52+,54+,55+,56+,57-,58-,59-/m1/s1. The second-order valence-corrected chi connectivity index (χ2v) is 27.7. The summed E-state index contributed by atoms with van der Waals surface area (Å²) in [6.07, 6.45) is -34.3. The quantitative estimate of drug-likeness (QED) is 0.0423. The van der Waals surface area contributed by atoms with Crippen LogP contribution in [0.3, 0.4) is 0 Å². The Morgan fingerprint density at radius 1 is 0.614 bits per heavy atom. The lowest BCUT2D eigenvalue weighted by molar-refractivity contribution is -0.391. The van der Waals surface area contributed by atoms with Crippen LogP contribution in [0.1, 0.15) is 92.9 Å².